The summed E-state index contributed by atoms with van der Waals surface area (Å²) in [6, 6.07) is 6.31. The minimum absolute atomic E-state index is 0.0746. The Morgan fingerprint density at radius 2 is 1.95 bits per heavy atom. The van der Waals surface area contributed by atoms with Crippen LogP contribution in [0.15, 0.2) is 24.3 Å². The molecule has 1 fully saturated rings. The number of halogens is 1. The Kier molecular flexibility index (Phi) is 4.63. The molecule has 2 rings (SSSR count). The Bertz CT molecular complexity index is 466. The van der Waals surface area contributed by atoms with E-state index in [9.17, 15) is 14.0 Å². The molecular formula is C14H16FNO3. The summed E-state index contributed by atoms with van der Waals surface area (Å²) in [5.74, 6) is -0.293. The molecule has 1 heterocycles. The normalized spacial score (nSPS) is 15.6. The maximum atomic E-state index is 13.3. The van der Waals surface area contributed by atoms with Crippen LogP contribution in [0.4, 0.5) is 4.39 Å². The monoisotopic (exact) mass is 265 g/mol. The molecule has 1 aromatic carbocycles. The lowest BCUT2D eigenvalue weighted by molar-refractivity contribution is -0.139. The Labute approximate surface area is 111 Å². The van der Waals surface area contributed by atoms with Crippen molar-refractivity contribution in [2.75, 3.05) is 19.7 Å². The lowest BCUT2D eigenvalue weighted by Gasteiger charge is -2.25. The van der Waals surface area contributed by atoms with E-state index in [4.69, 9.17) is 4.74 Å². The van der Waals surface area contributed by atoms with Crippen molar-refractivity contribution < 1.29 is 18.7 Å². The Hall–Kier alpha value is -1.75. The number of likely N-dealkylation sites (tertiary alicyclic amines) is 1. The zero-order valence-corrected chi connectivity index (χ0v) is 10.6. The van der Waals surface area contributed by atoms with Crippen LogP contribution in [0.5, 0.6) is 0 Å². The summed E-state index contributed by atoms with van der Waals surface area (Å²) in [6.45, 7) is 0.912. The molecule has 0 spiro atoms. The third-order valence-corrected chi connectivity index (χ3v) is 3.11. The molecule has 0 unspecified atom stereocenters. The van der Waals surface area contributed by atoms with Gasteiger partial charge in [0.05, 0.1) is 6.61 Å². The molecule has 1 aliphatic rings. The Morgan fingerprint density at radius 3 is 2.63 bits per heavy atom. The SMILES string of the molecule is O=C1CCN(C(=O)COCc2ccccc2F)CC1. The van der Waals surface area contributed by atoms with Crippen molar-refractivity contribution in [3.05, 3.63) is 35.6 Å². The lowest BCUT2D eigenvalue weighted by Crippen LogP contribution is -2.40. The average molecular weight is 265 g/mol. The molecule has 19 heavy (non-hydrogen) atoms. The van der Waals surface area contributed by atoms with E-state index in [1.54, 1.807) is 23.1 Å². The zero-order chi connectivity index (χ0) is 13.7. The van der Waals surface area contributed by atoms with Gasteiger partial charge in [-0.3, -0.25) is 9.59 Å². The van der Waals surface area contributed by atoms with Gasteiger partial charge in [-0.25, -0.2) is 4.39 Å². The van der Waals surface area contributed by atoms with Gasteiger partial charge in [0.2, 0.25) is 5.91 Å². The van der Waals surface area contributed by atoms with Gasteiger partial charge in [0.15, 0.2) is 0 Å². The lowest BCUT2D eigenvalue weighted by atomic mass is 10.1. The molecule has 4 nitrogen and oxygen atoms in total. The molecular weight excluding hydrogens is 249 g/mol. The summed E-state index contributed by atoms with van der Waals surface area (Å²) in [7, 11) is 0. The molecule has 0 aromatic heterocycles. The average Bonchev–Trinajstić information content (AvgIpc) is 2.41. The molecule has 1 amide bonds. The van der Waals surface area contributed by atoms with Crippen molar-refractivity contribution in [2.24, 2.45) is 0 Å². The molecule has 0 aliphatic carbocycles. The third-order valence-electron chi connectivity index (χ3n) is 3.11. The molecule has 1 aromatic rings. The van der Waals surface area contributed by atoms with Crippen LogP contribution >= 0.6 is 0 Å². The van der Waals surface area contributed by atoms with E-state index >= 15 is 0 Å². The van der Waals surface area contributed by atoms with Gasteiger partial charge in [0.25, 0.3) is 0 Å². The first-order valence-corrected chi connectivity index (χ1v) is 6.27. The highest BCUT2D eigenvalue weighted by Crippen LogP contribution is 2.09. The molecule has 0 saturated carbocycles. The second-order valence-electron chi connectivity index (χ2n) is 4.50. The van der Waals surface area contributed by atoms with Gasteiger partial charge in [0, 0.05) is 31.5 Å². The van der Waals surface area contributed by atoms with Crippen LogP contribution in [0.25, 0.3) is 0 Å². The minimum atomic E-state index is -0.335. The first-order valence-electron chi connectivity index (χ1n) is 6.27. The molecule has 1 saturated heterocycles. The standard InChI is InChI=1S/C14H16FNO3/c15-13-4-2-1-3-11(13)9-19-10-14(18)16-7-5-12(17)6-8-16/h1-4H,5-10H2. The quantitative estimate of drug-likeness (QED) is 0.829. The fourth-order valence-electron chi connectivity index (χ4n) is 1.96. The van der Waals surface area contributed by atoms with Crippen LogP contribution in [0.1, 0.15) is 18.4 Å². The number of ketones is 1. The highest BCUT2D eigenvalue weighted by atomic mass is 19.1. The van der Waals surface area contributed by atoms with E-state index in [-0.39, 0.29) is 30.7 Å². The van der Waals surface area contributed by atoms with Crippen molar-refractivity contribution in [2.45, 2.75) is 19.4 Å². The number of ether oxygens (including phenoxy) is 1. The Balaban J connectivity index is 1.75. The summed E-state index contributed by atoms with van der Waals surface area (Å²) in [5.41, 5.74) is 0.434. The van der Waals surface area contributed by atoms with Crippen molar-refractivity contribution in [3.63, 3.8) is 0 Å². The largest absolute Gasteiger partial charge is 0.367 e. The smallest absolute Gasteiger partial charge is 0.248 e. The van der Waals surface area contributed by atoms with Gasteiger partial charge >= 0.3 is 0 Å². The van der Waals surface area contributed by atoms with Gasteiger partial charge in [-0.05, 0) is 6.07 Å². The highest BCUT2D eigenvalue weighted by Gasteiger charge is 2.20. The topological polar surface area (TPSA) is 46.6 Å². The number of nitrogens with zero attached hydrogens (tertiary/aromatic N) is 1. The molecule has 0 bridgehead atoms. The number of Topliss-reactive ketones (excluding diaryl/α,β-unsaturated/α-hetero) is 1. The fourth-order valence-corrected chi connectivity index (χ4v) is 1.96. The maximum Gasteiger partial charge on any atom is 0.248 e. The zero-order valence-electron chi connectivity index (χ0n) is 10.6. The van der Waals surface area contributed by atoms with Crippen LogP contribution < -0.4 is 0 Å². The number of carbonyl (C=O) groups is 2. The molecule has 1 aliphatic heterocycles. The number of piperidine rings is 1. The fraction of sp³-hybridized carbons (Fsp3) is 0.429. The van der Waals surface area contributed by atoms with E-state index in [2.05, 4.69) is 0 Å². The summed E-state index contributed by atoms with van der Waals surface area (Å²) >= 11 is 0. The predicted molar refractivity (Wildman–Crippen MR) is 66.9 cm³/mol. The van der Waals surface area contributed by atoms with Gasteiger partial charge in [-0.2, -0.15) is 0 Å². The summed E-state index contributed by atoms with van der Waals surface area (Å²) in [4.78, 5) is 24.4. The molecule has 102 valence electrons. The summed E-state index contributed by atoms with van der Waals surface area (Å²) in [6.07, 6.45) is 0.831. The van der Waals surface area contributed by atoms with E-state index in [0.29, 0.717) is 31.5 Å². The Morgan fingerprint density at radius 1 is 1.26 bits per heavy atom. The number of rotatable bonds is 4. The molecule has 5 heteroatoms. The predicted octanol–water partition coefficient (Wildman–Crippen LogP) is 1.53. The summed E-state index contributed by atoms with van der Waals surface area (Å²) < 4.78 is 18.5. The second-order valence-corrected chi connectivity index (χ2v) is 4.50. The number of carbonyl (C=O) groups excluding carboxylic acids is 2. The van der Waals surface area contributed by atoms with Gasteiger partial charge in [-0.15, -0.1) is 0 Å². The van der Waals surface area contributed by atoms with Crippen LogP contribution in [0.3, 0.4) is 0 Å². The van der Waals surface area contributed by atoms with Crippen LogP contribution in [0.2, 0.25) is 0 Å². The van der Waals surface area contributed by atoms with E-state index in [1.165, 1.54) is 6.07 Å². The molecule has 0 atom stereocenters. The molecule has 0 N–H and O–H groups in total. The number of hydrogen-bond donors (Lipinski definition) is 0. The van der Waals surface area contributed by atoms with Crippen molar-refractivity contribution in [3.8, 4) is 0 Å². The third kappa shape index (κ3) is 3.86. The first-order chi connectivity index (χ1) is 9.16. The van der Waals surface area contributed by atoms with E-state index in [1.807, 2.05) is 0 Å². The number of hydrogen-bond acceptors (Lipinski definition) is 3. The number of amides is 1. The highest BCUT2D eigenvalue weighted by molar-refractivity contribution is 5.83. The van der Waals surface area contributed by atoms with Crippen LogP contribution in [-0.2, 0) is 20.9 Å². The van der Waals surface area contributed by atoms with Crippen molar-refractivity contribution in [1.82, 2.24) is 4.90 Å². The van der Waals surface area contributed by atoms with Crippen LogP contribution in [0, 0.1) is 5.82 Å². The van der Waals surface area contributed by atoms with Gasteiger partial charge < -0.3 is 9.64 Å². The maximum absolute atomic E-state index is 13.3. The molecule has 0 radical (unpaired) electrons. The number of benzene rings is 1. The van der Waals surface area contributed by atoms with Crippen molar-refractivity contribution in [1.29, 1.82) is 0 Å². The van der Waals surface area contributed by atoms with E-state index in [0.717, 1.165) is 0 Å². The van der Waals surface area contributed by atoms with E-state index < -0.39 is 0 Å². The summed E-state index contributed by atoms with van der Waals surface area (Å²) in [5, 5.41) is 0. The van der Waals surface area contributed by atoms with Gasteiger partial charge in [0.1, 0.15) is 18.2 Å². The minimum Gasteiger partial charge on any atom is -0.367 e. The van der Waals surface area contributed by atoms with Gasteiger partial charge in [-0.1, -0.05) is 18.2 Å². The van der Waals surface area contributed by atoms with Crippen LogP contribution in [-0.4, -0.2) is 36.3 Å². The van der Waals surface area contributed by atoms with Crippen molar-refractivity contribution >= 4 is 11.7 Å². The second kappa shape index (κ2) is 6.43. The first kappa shape index (κ1) is 13.7.